The molecule has 2 aromatic carbocycles. The highest BCUT2D eigenvalue weighted by Crippen LogP contribution is 2.29. The lowest BCUT2D eigenvalue weighted by Gasteiger charge is -2.31. The quantitative estimate of drug-likeness (QED) is 0.221. The lowest BCUT2D eigenvalue weighted by atomic mass is 10.0. The number of amides is 1. The van der Waals surface area contributed by atoms with Gasteiger partial charge in [0.2, 0.25) is 11.6 Å². The van der Waals surface area contributed by atoms with Gasteiger partial charge in [0, 0.05) is 24.4 Å². The Labute approximate surface area is 203 Å². The highest BCUT2D eigenvalue weighted by molar-refractivity contribution is 5.94. The van der Waals surface area contributed by atoms with Crippen LogP contribution in [-0.4, -0.2) is 48.9 Å². The van der Waals surface area contributed by atoms with E-state index >= 15 is 0 Å². The zero-order valence-corrected chi connectivity index (χ0v) is 18.8. The van der Waals surface area contributed by atoms with Crippen LogP contribution in [0.15, 0.2) is 58.3 Å². The summed E-state index contributed by atoms with van der Waals surface area (Å²) in [6.07, 6.45) is 3.29. The highest BCUT2D eigenvalue weighted by atomic mass is 16.6. The summed E-state index contributed by atoms with van der Waals surface area (Å²) < 4.78 is 6.05. The molecule has 0 saturated heterocycles. The third-order valence-corrected chi connectivity index (χ3v) is 5.71. The van der Waals surface area contributed by atoms with Gasteiger partial charge in [-0.1, -0.05) is 23.4 Å². The van der Waals surface area contributed by atoms with Crippen LogP contribution in [-0.2, 0) is 13.0 Å². The van der Waals surface area contributed by atoms with Crippen molar-refractivity contribution in [3.8, 4) is 5.82 Å². The fraction of sp³-hybridized carbons (Fsp3) is 0.182. The van der Waals surface area contributed by atoms with Gasteiger partial charge in [-0.2, -0.15) is 9.78 Å². The molecule has 5 rings (SSSR count). The maximum Gasteiger partial charge on any atom is 0.293 e. The van der Waals surface area contributed by atoms with E-state index < -0.39 is 10.8 Å². The monoisotopic (exact) mass is 488 g/mol. The van der Waals surface area contributed by atoms with E-state index in [-0.39, 0.29) is 23.0 Å². The van der Waals surface area contributed by atoms with Crippen molar-refractivity contribution in [3.63, 3.8) is 0 Å². The molecule has 3 heterocycles. The number of nitro groups is 1. The summed E-state index contributed by atoms with van der Waals surface area (Å²) in [6, 6.07) is 13.8. The number of para-hydroxylation sites is 1. The van der Waals surface area contributed by atoms with E-state index in [9.17, 15) is 14.9 Å². The van der Waals surface area contributed by atoms with E-state index in [1.54, 1.807) is 0 Å². The van der Waals surface area contributed by atoms with E-state index in [0.29, 0.717) is 17.8 Å². The molecule has 14 heteroatoms. The molecule has 1 amide bonds. The summed E-state index contributed by atoms with van der Waals surface area (Å²) in [5.74, 6) is -0.477. The maximum atomic E-state index is 13.0. The SMILES string of the molecule is Nc1nonc1-n1nnc(C(=O)N/N=C/c2ccc([N+](=O)[O-])cc2)c1CN1CCCc2ccccc21. The number of non-ortho nitro benzene ring substituents is 1. The van der Waals surface area contributed by atoms with Crippen molar-refractivity contribution in [1.82, 2.24) is 30.7 Å². The number of rotatable bonds is 7. The molecule has 14 nitrogen and oxygen atoms in total. The fourth-order valence-electron chi connectivity index (χ4n) is 3.98. The lowest BCUT2D eigenvalue weighted by molar-refractivity contribution is -0.384. The Morgan fingerprint density at radius 1 is 1.22 bits per heavy atom. The second-order valence-electron chi connectivity index (χ2n) is 7.97. The average molecular weight is 488 g/mol. The normalized spacial score (nSPS) is 13.1. The summed E-state index contributed by atoms with van der Waals surface area (Å²) in [5.41, 5.74) is 11.6. The first-order chi connectivity index (χ1) is 17.5. The van der Waals surface area contributed by atoms with Gasteiger partial charge in [-0.05, 0) is 52.5 Å². The number of anilines is 2. The van der Waals surface area contributed by atoms with E-state index in [2.05, 4.69) is 42.1 Å². The van der Waals surface area contributed by atoms with Crippen LogP contribution >= 0.6 is 0 Å². The summed E-state index contributed by atoms with van der Waals surface area (Å²) in [6.45, 7) is 1.07. The summed E-state index contributed by atoms with van der Waals surface area (Å²) >= 11 is 0. The molecule has 36 heavy (non-hydrogen) atoms. The van der Waals surface area contributed by atoms with E-state index in [0.717, 1.165) is 25.1 Å². The van der Waals surface area contributed by atoms with Crippen LogP contribution in [0, 0.1) is 10.1 Å². The summed E-state index contributed by atoms with van der Waals surface area (Å²) in [5, 5.41) is 30.3. The highest BCUT2D eigenvalue weighted by Gasteiger charge is 2.27. The standard InChI is InChI=1S/C22H20N10O4/c23-20-21(28-36-27-20)31-18(13-30-11-3-5-15-4-1-2-6-17(15)30)19(25-29-31)22(33)26-24-12-14-7-9-16(10-8-14)32(34)35/h1-2,4,6-10,12H,3,5,11,13H2,(H2,23,27)(H,26,33)/b24-12+. The van der Waals surface area contributed by atoms with Gasteiger partial charge in [-0.15, -0.1) is 5.10 Å². The van der Waals surface area contributed by atoms with Crippen molar-refractivity contribution in [2.45, 2.75) is 19.4 Å². The van der Waals surface area contributed by atoms with Gasteiger partial charge in [0.1, 0.15) is 0 Å². The lowest BCUT2D eigenvalue weighted by Crippen LogP contribution is -2.31. The number of benzene rings is 2. The first-order valence-electron chi connectivity index (χ1n) is 10.9. The van der Waals surface area contributed by atoms with E-state index in [1.807, 2.05) is 18.2 Å². The first-order valence-corrected chi connectivity index (χ1v) is 10.9. The molecule has 2 aromatic heterocycles. The fourth-order valence-corrected chi connectivity index (χ4v) is 3.98. The molecule has 1 aliphatic heterocycles. The Balaban J connectivity index is 1.41. The van der Waals surface area contributed by atoms with Crippen LogP contribution < -0.4 is 16.1 Å². The minimum absolute atomic E-state index is 0.00310. The second-order valence-corrected chi connectivity index (χ2v) is 7.97. The van der Waals surface area contributed by atoms with Crippen LogP contribution in [0.2, 0.25) is 0 Å². The van der Waals surface area contributed by atoms with Gasteiger partial charge < -0.3 is 10.6 Å². The average Bonchev–Trinajstić information content (AvgIpc) is 3.50. The molecule has 0 radical (unpaired) electrons. The molecule has 4 aromatic rings. The van der Waals surface area contributed by atoms with Crippen LogP contribution in [0.1, 0.15) is 33.7 Å². The minimum Gasteiger partial charge on any atom is -0.378 e. The number of hydrazone groups is 1. The third-order valence-electron chi connectivity index (χ3n) is 5.71. The number of fused-ring (bicyclic) bond motifs is 1. The zero-order chi connectivity index (χ0) is 25.1. The number of hydrogen-bond donors (Lipinski definition) is 2. The van der Waals surface area contributed by atoms with Gasteiger partial charge >= 0.3 is 0 Å². The predicted molar refractivity (Wildman–Crippen MR) is 128 cm³/mol. The van der Waals surface area contributed by atoms with Crippen molar-refractivity contribution in [3.05, 3.63) is 81.2 Å². The largest absolute Gasteiger partial charge is 0.378 e. The summed E-state index contributed by atoms with van der Waals surface area (Å²) in [4.78, 5) is 25.5. The maximum absolute atomic E-state index is 13.0. The van der Waals surface area contributed by atoms with Crippen LogP contribution in [0.4, 0.5) is 17.2 Å². The van der Waals surface area contributed by atoms with Crippen molar-refractivity contribution in [1.29, 1.82) is 0 Å². The Kier molecular flexibility index (Phi) is 6.05. The smallest absolute Gasteiger partial charge is 0.293 e. The molecule has 1 aliphatic rings. The number of carbonyl (C=O) groups excluding carboxylic acids is 1. The van der Waals surface area contributed by atoms with Gasteiger partial charge in [-0.3, -0.25) is 14.9 Å². The zero-order valence-electron chi connectivity index (χ0n) is 18.8. The number of nitrogens with one attached hydrogen (secondary N) is 1. The molecule has 0 aliphatic carbocycles. The predicted octanol–water partition coefficient (Wildman–Crippen LogP) is 1.86. The Hall–Kier alpha value is -5.14. The topological polar surface area (TPSA) is 183 Å². The second kappa shape index (κ2) is 9.61. The van der Waals surface area contributed by atoms with Crippen molar-refractivity contribution >= 4 is 29.3 Å². The number of nitrogen functional groups attached to an aromatic ring is 1. The third kappa shape index (κ3) is 4.46. The van der Waals surface area contributed by atoms with Crippen molar-refractivity contribution in [2.24, 2.45) is 5.10 Å². The van der Waals surface area contributed by atoms with Crippen LogP contribution in [0.25, 0.3) is 5.82 Å². The minimum atomic E-state index is -0.602. The van der Waals surface area contributed by atoms with E-state index in [4.69, 9.17) is 10.4 Å². The molecule has 0 fully saturated rings. The van der Waals surface area contributed by atoms with Gasteiger partial charge in [0.25, 0.3) is 11.6 Å². The molecule has 182 valence electrons. The van der Waals surface area contributed by atoms with Gasteiger partial charge in [0.05, 0.1) is 23.4 Å². The van der Waals surface area contributed by atoms with Crippen LogP contribution in [0.3, 0.4) is 0 Å². The molecule has 0 bridgehead atoms. The molecule has 0 saturated carbocycles. The molecular weight excluding hydrogens is 468 g/mol. The van der Waals surface area contributed by atoms with E-state index in [1.165, 1.54) is 40.7 Å². The molecular formula is C22H20N10O4. The molecule has 0 unspecified atom stereocenters. The Morgan fingerprint density at radius 2 is 2.03 bits per heavy atom. The summed E-state index contributed by atoms with van der Waals surface area (Å²) in [7, 11) is 0. The first kappa shape index (κ1) is 22.6. The van der Waals surface area contributed by atoms with Gasteiger partial charge in [0.15, 0.2) is 5.69 Å². The number of nitrogens with zero attached hydrogens (tertiary/aromatic N) is 8. The number of nitrogens with two attached hydrogens (primary N) is 1. The molecule has 0 atom stereocenters. The van der Waals surface area contributed by atoms with Crippen molar-refractivity contribution < 1.29 is 14.3 Å². The van der Waals surface area contributed by atoms with Crippen LogP contribution in [0.5, 0.6) is 0 Å². The Bertz CT molecular complexity index is 1440. The number of hydrogen-bond acceptors (Lipinski definition) is 11. The number of aryl methyl sites for hydroxylation is 1. The van der Waals surface area contributed by atoms with Gasteiger partial charge in [-0.25, -0.2) is 10.1 Å². The molecule has 0 spiro atoms. The Morgan fingerprint density at radius 3 is 2.78 bits per heavy atom. The van der Waals surface area contributed by atoms with Crippen molar-refractivity contribution in [2.75, 3.05) is 17.2 Å². The molecule has 3 N–H and O–H groups in total. The number of nitro benzene ring substituents is 1. The number of aromatic nitrogens is 5. The number of carbonyl (C=O) groups is 1.